The maximum absolute atomic E-state index is 12.1. The van der Waals surface area contributed by atoms with Gasteiger partial charge in [0.05, 0.1) is 6.04 Å². The van der Waals surface area contributed by atoms with Crippen LogP contribution < -0.4 is 11.2 Å². The van der Waals surface area contributed by atoms with E-state index in [1.807, 2.05) is 0 Å². The highest BCUT2D eigenvalue weighted by atomic mass is 17.0. The minimum atomic E-state index is -1.45. The molecular formula is C18H22N6O12. The van der Waals surface area contributed by atoms with E-state index in [1.54, 1.807) is 0 Å². The summed E-state index contributed by atoms with van der Waals surface area (Å²) >= 11 is 0. The van der Waals surface area contributed by atoms with Crippen LogP contribution in [0.15, 0.2) is 33.1 Å². The highest BCUT2D eigenvalue weighted by Crippen LogP contribution is 2.30. The third kappa shape index (κ3) is 8.65. The molecule has 4 atom stereocenters. The SMILES string of the molecule is Cc1cn(C2C[C@@H](N=[N+]=[N-])C(COC(=O)OCC=CCOC(=O)OC(C)O[N+](=O)[O-])O2)c(=O)[nH]c1=O. The first-order valence-electron chi connectivity index (χ1n) is 10.2. The van der Waals surface area contributed by atoms with Crippen LogP contribution in [0.5, 0.6) is 0 Å². The van der Waals surface area contributed by atoms with Crippen molar-refractivity contribution in [1.29, 1.82) is 0 Å². The summed E-state index contributed by atoms with van der Waals surface area (Å²) in [6.07, 6.45) is -1.44. The molecule has 0 aliphatic carbocycles. The van der Waals surface area contributed by atoms with Gasteiger partial charge in [0.25, 0.3) is 10.6 Å². The summed E-state index contributed by atoms with van der Waals surface area (Å²) in [7, 11) is 0. The van der Waals surface area contributed by atoms with Gasteiger partial charge in [-0.25, -0.2) is 14.4 Å². The molecule has 1 aliphatic rings. The number of H-pyrrole nitrogens is 1. The smallest absolute Gasteiger partial charge is 0.432 e. The van der Waals surface area contributed by atoms with E-state index in [-0.39, 0.29) is 31.8 Å². The Bertz CT molecular complexity index is 1140. The first kappa shape index (κ1) is 27.7. The standard InChI is InChI=1S/C18H22N6O12/c1-10-8-23(16(26)20-15(10)25)14-7-12(21-22-19)13(35-14)9-33-17(27)31-5-3-4-6-32-18(28)34-11(2)36-24(29)30/h3-4,8,11-14H,5-7,9H2,1-2H3,(H,20,25,26)/t11?,12-,13?,14?/m1/s1. The van der Waals surface area contributed by atoms with E-state index in [0.717, 1.165) is 11.5 Å². The number of aryl methyl sites for hydroxylation is 1. The number of hydrogen-bond donors (Lipinski definition) is 1. The molecular weight excluding hydrogens is 492 g/mol. The summed E-state index contributed by atoms with van der Waals surface area (Å²) in [5, 5.41) is 12.6. The van der Waals surface area contributed by atoms with Crippen molar-refractivity contribution in [3.8, 4) is 0 Å². The fraction of sp³-hybridized carbons (Fsp3) is 0.556. The summed E-state index contributed by atoms with van der Waals surface area (Å²) in [6, 6.07) is -0.762. The fourth-order valence-electron chi connectivity index (χ4n) is 2.90. The van der Waals surface area contributed by atoms with E-state index >= 15 is 0 Å². The van der Waals surface area contributed by atoms with Gasteiger partial charge in [-0.2, -0.15) is 0 Å². The van der Waals surface area contributed by atoms with Crippen LogP contribution >= 0.6 is 0 Å². The summed E-state index contributed by atoms with van der Waals surface area (Å²) in [5.41, 5.74) is 7.81. The molecule has 1 fully saturated rings. The fourth-order valence-corrected chi connectivity index (χ4v) is 2.90. The molecule has 3 unspecified atom stereocenters. The molecule has 2 rings (SSSR count). The number of nitrogens with one attached hydrogen (secondary N) is 1. The Morgan fingerprint density at radius 1 is 1.33 bits per heavy atom. The number of carbonyl (C=O) groups excluding carboxylic acids is 2. The van der Waals surface area contributed by atoms with E-state index in [0.29, 0.717) is 0 Å². The molecule has 0 spiro atoms. The van der Waals surface area contributed by atoms with Gasteiger partial charge in [-0.1, -0.05) is 5.11 Å². The lowest BCUT2D eigenvalue weighted by atomic mass is 10.1. The lowest BCUT2D eigenvalue weighted by Crippen LogP contribution is -2.33. The average Bonchev–Trinajstić information content (AvgIpc) is 3.19. The maximum Gasteiger partial charge on any atom is 0.510 e. The van der Waals surface area contributed by atoms with Crippen molar-refractivity contribution in [2.45, 2.75) is 44.9 Å². The number of carbonyl (C=O) groups is 2. The van der Waals surface area contributed by atoms with Crippen molar-refractivity contribution in [3.05, 3.63) is 65.3 Å². The minimum absolute atomic E-state index is 0.0979. The van der Waals surface area contributed by atoms with E-state index in [2.05, 4.69) is 29.3 Å². The number of aromatic nitrogens is 2. The quantitative estimate of drug-likeness (QED) is 0.0641. The van der Waals surface area contributed by atoms with Crippen molar-refractivity contribution >= 4 is 12.3 Å². The Hall–Kier alpha value is -4.57. The average molecular weight is 514 g/mol. The van der Waals surface area contributed by atoms with Crippen molar-refractivity contribution in [1.82, 2.24) is 9.55 Å². The number of hydrogen-bond acceptors (Lipinski definition) is 13. The van der Waals surface area contributed by atoms with E-state index < -0.39 is 53.3 Å². The third-order valence-corrected chi connectivity index (χ3v) is 4.48. The second kappa shape index (κ2) is 13.4. The number of ether oxygens (including phenoxy) is 5. The Balaban J connectivity index is 1.75. The molecule has 2 heterocycles. The van der Waals surface area contributed by atoms with Gasteiger partial charge in [-0.05, 0) is 31.5 Å². The van der Waals surface area contributed by atoms with E-state index in [1.165, 1.54) is 25.3 Å². The van der Waals surface area contributed by atoms with Crippen molar-refractivity contribution in [2.75, 3.05) is 19.8 Å². The van der Waals surface area contributed by atoms with Gasteiger partial charge in [0.15, 0.2) is 0 Å². The zero-order chi connectivity index (χ0) is 26.7. The van der Waals surface area contributed by atoms with Crippen LogP contribution in [0, 0.1) is 17.0 Å². The van der Waals surface area contributed by atoms with Crippen LogP contribution in [-0.4, -0.2) is 65.2 Å². The second-order valence-corrected chi connectivity index (χ2v) is 7.03. The summed E-state index contributed by atoms with van der Waals surface area (Å²) in [5.74, 6) is 0. The largest absolute Gasteiger partial charge is 0.510 e. The molecule has 1 saturated heterocycles. The van der Waals surface area contributed by atoms with Crippen LogP contribution in [0.3, 0.4) is 0 Å². The third-order valence-electron chi connectivity index (χ3n) is 4.48. The van der Waals surface area contributed by atoms with Gasteiger partial charge in [-0.15, -0.1) is 10.1 Å². The molecule has 0 amide bonds. The van der Waals surface area contributed by atoms with Gasteiger partial charge >= 0.3 is 18.0 Å². The minimum Gasteiger partial charge on any atom is -0.432 e. The second-order valence-electron chi connectivity index (χ2n) is 7.03. The Morgan fingerprint density at radius 2 is 2.00 bits per heavy atom. The first-order chi connectivity index (χ1) is 17.1. The van der Waals surface area contributed by atoms with Gasteiger partial charge < -0.3 is 23.7 Å². The molecule has 1 N–H and O–H groups in total. The van der Waals surface area contributed by atoms with Gasteiger partial charge in [-0.3, -0.25) is 19.2 Å². The Kier molecular flexibility index (Phi) is 10.3. The summed E-state index contributed by atoms with van der Waals surface area (Å²) < 4.78 is 25.6. The molecule has 196 valence electrons. The molecule has 0 aromatic carbocycles. The molecule has 1 aromatic heterocycles. The highest BCUT2D eigenvalue weighted by molar-refractivity contribution is 5.60. The first-order valence-corrected chi connectivity index (χ1v) is 10.2. The zero-order valence-electron chi connectivity index (χ0n) is 19.0. The molecule has 18 nitrogen and oxygen atoms in total. The summed E-state index contributed by atoms with van der Waals surface area (Å²) in [6.45, 7) is 1.75. The molecule has 36 heavy (non-hydrogen) atoms. The van der Waals surface area contributed by atoms with Crippen molar-refractivity contribution in [2.24, 2.45) is 5.11 Å². The molecule has 1 aliphatic heterocycles. The Morgan fingerprint density at radius 3 is 2.64 bits per heavy atom. The van der Waals surface area contributed by atoms with Crippen LogP contribution in [0.25, 0.3) is 10.4 Å². The topological polar surface area (TPSA) is 236 Å². The molecule has 0 radical (unpaired) electrons. The van der Waals surface area contributed by atoms with Crippen LogP contribution in [0.1, 0.15) is 25.1 Å². The lowest BCUT2D eigenvalue weighted by molar-refractivity contribution is -0.777. The predicted molar refractivity (Wildman–Crippen MR) is 114 cm³/mol. The number of rotatable bonds is 11. The zero-order valence-corrected chi connectivity index (χ0v) is 19.0. The van der Waals surface area contributed by atoms with Crippen LogP contribution in [0.4, 0.5) is 9.59 Å². The monoisotopic (exact) mass is 514 g/mol. The molecule has 18 heteroatoms. The van der Waals surface area contributed by atoms with E-state index in [4.69, 9.17) is 19.7 Å². The highest BCUT2D eigenvalue weighted by Gasteiger charge is 2.37. The number of azide groups is 1. The van der Waals surface area contributed by atoms with Crippen molar-refractivity contribution < 1.29 is 43.2 Å². The molecule has 1 aromatic rings. The van der Waals surface area contributed by atoms with Crippen LogP contribution in [0.2, 0.25) is 0 Å². The number of aromatic amines is 1. The van der Waals surface area contributed by atoms with Crippen molar-refractivity contribution in [3.63, 3.8) is 0 Å². The Labute approximate surface area is 201 Å². The van der Waals surface area contributed by atoms with Gasteiger partial charge in [0.1, 0.15) is 32.2 Å². The predicted octanol–water partition coefficient (Wildman–Crippen LogP) is 1.23. The summed E-state index contributed by atoms with van der Waals surface area (Å²) in [4.78, 5) is 65.6. The van der Waals surface area contributed by atoms with Gasteiger partial charge in [0.2, 0.25) is 6.29 Å². The molecule has 0 saturated carbocycles. The van der Waals surface area contributed by atoms with Crippen LogP contribution in [-0.2, 0) is 28.5 Å². The lowest BCUT2D eigenvalue weighted by Gasteiger charge is -2.16. The molecule has 0 bridgehead atoms. The normalized spacial score (nSPS) is 19.7. The number of nitrogens with zero attached hydrogens (tertiary/aromatic N) is 5. The van der Waals surface area contributed by atoms with E-state index in [9.17, 15) is 29.3 Å². The maximum atomic E-state index is 12.1. The van der Waals surface area contributed by atoms with Gasteiger partial charge in [0, 0.05) is 23.1 Å².